The van der Waals surface area contributed by atoms with Crippen LogP contribution in [0.1, 0.15) is 38.6 Å². The molecule has 3 heterocycles. The van der Waals surface area contributed by atoms with E-state index in [4.69, 9.17) is 9.26 Å². The summed E-state index contributed by atoms with van der Waals surface area (Å²) in [6.45, 7) is 8.50. The van der Waals surface area contributed by atoms with Crippen LogP contribution in [0.5, 0.6) is 0 Å². The van der Waals surface area contributed by atoms with E-state index in [0.29, 0.717) is 18.4 Å². The first kappa shape index (κ1) is 15.0. The summed E-state index contributed by atoms with van der Waals surface area (Å²) in [6.07, 6.45) is 4.74. The van der Waals surface area contributed by atoms with Gasteiger partial charge >= 0.3 is 0 Å². The minimum Gasteiger partial charge on any atom is -0.372 e. The summed E-state index contributed by atoms with van der Waals surface area (Å²) in [5.74, 6) is 1.34. The summed E-state index contributed by atoms with van der Waals surface area (Å²) >= 11 is 0. The fraction of sp³-hybridized carbons (Fsp3) is 0.562. The van der Waals surface area contributed by atoms with E-state index in [0.717, 1.165) is 25.1 Å². The summed E-state index contributed by atoms with van der Waals surface area (Å²) in [6, 6.07) is 3.95. The normalized spacial score (nSPS) is 18.9. The molecule has 1 aliphatic rings. The number of anilines is 1. The highest BCUT2D eigenvalue weighted by Gasteiger charge is 2.29. The van der Waals surface area contributed by atoms with Crippen LogP contribution in [-0.4, -0.2) is 34.3 Å². The monoisotopic (exact) mass is 302 g/mol. The second-order valence-corrected chi connectivity index (χ2v) is 6.67. The van der Waals surface area contributed by atoms with Gasteiger partial charge in [-0.25, -0.2) is 0 Å². The topological polar surface area (TPSA) is 64.3 Å². The average Bonchev–Trinajstić information content (AvgIpc) is 3.14. The maximum absolute atomic E-state index is 5.96. The van der Waals surface area contributed by atoms with Gasteiger partial charge in [-0.1, -0.05) is 20.8 Å². The van der Waals surface area contributed by atoms with Crippen LogP contribution in [0, 0.1) is 0 Å². The molecule has 2 aromatic rings. The zero-order valence-electron chi connectivity index (χ0n) is 13.3. The van der Waals surface area contributed by atoms with Crippen molar-refractivity contribution in [1.29, 1.82) is 0 Å². The number of rotatable bonds is 4. The number of hydrogen-bond donors (Lipinski definition) is 0. The third kappa shape index (κ3) is 3.44. The Morgan fingerprint density at radius 1 is 1.32 bits per heavy atom. The van der Waals surface area contributed by atoms with E-state index in [1.807, 2.05) is 12.1 Å². The predicted octanol–water partition coefficient (Wildman–Crippen LogP) is 2.56. The SMILES string of the molecule is CC(C)(C)c1nc(N2CC[C@@H](OCc3ccncc3)C2)no1. The van der Waals surface area contributed by atoms with E-state index in [9.17, 15) is 0 Å². The summed E-state index contributed by atoms with van der Waals surface area (Å²) in [4.78, 5) is 10.6. The van der Waals surface area contributed by atoms with Crippen LogP contribution in [0.15, 0.2) is 29.0 Å². The highest BCUT2D eigenvalue weighted by atomic mass is 16.5. The van der Waals surface area contributed by atoms with Crippen molar-refractivity contribution < 1.29 is 9.26 Å². The molecule has 1 atom stereocenters. The molecule has 6 heteroatoms. The van der Waals surface area contributed by atoms with E-state index in [2.05, 4.69) is 40.8 Å². The van der Waals surface area contributed by atoms with Crippen molar-refractivity contribution in [1.82, 2.24) is 15.1 Å². The van der Waals surface area contributed by atoms with Crippen molar-refractivity contribution in [3.63, 3.8) is 0 Å². The van der Waals surface area contributed by atoms with Crippen LogP contribution < -0.4 is 4.90 Å². The summed E-state index contributed by atoms with van der Waals surface area (Å²) in [5.41, 5.74) is 1.02. The molecule has 0 N–H and O–H groups in total. The van der Waals surface area contributed by atoms with E-state index in [1.54, 1.807) is 12.4 Å². The molecule has 1 saturated heterocycles. The molecule has 0 aliphatic carbocycles. The lowest BCUT2D eigenvalue weighted by molar-refractivity contribution is 0.0552. The standard InChI is InChI=1S/C16H22N4O2/c1-16(2,3)14-18-15(19-22-14)20-9-6-13(10-20)21-11-12-4-7-17-8-5-12/h4-5,7-8,13H,6,9-11H2,1-3H3/t13-/m1/s1. The van der Waals surface area contributed by atoms with Gasteiger partial charge in [-0.15, -0.1) is 0 Å². The maximum Gasteiger partial charge on any atom is 0.266 e. The van der Waals surface area contributed by atoms with Gasteiger partial charge in [-0.05, 0) is 29.3 Å². The molecule has 22 heavy (non-hydrogen) atoms. The number of ether oxygens (including phenoxy) is 1. The third-order valence-electron chi connectivity index (χ3n) is 3.72. The number of nitrogens with zero attached hydrogens (tertiary/aromatic N) is 4. The lowest BCUT2D eigenvalue weighted by atomic mass is 9.97. The van der Waals surface area contributed by atoms with Crippen molar-refractivity contribution in [3.8, 4) is 0 Å². The first-order valence-corrected chi connectivity index (χ1v) is 7.62. The molecule has 0 radical (unpaired) electrons. The Labute approximate surface area is 130 Å². The largest absolute Gasteiger partial charge is 0.372 e. The van der Waals surface area contributed by atoms with Crippen molar-refractivity contribution >= 4 is 5.95 Å². The van der Waals surface area contributed by atoms with Crippen molar-refractivity contribution in [2.75, 3.05) is 18.0 Å². The molecule has 0 aromatic carbocycles. The van der Waals surface area contributed by atoms with Crippen LogP contribution in [-0.2, 0) is 16.8 Å². The summed E-state index contributed by atoms with van der Waals surface area (Å²) in [7, 11) is 0. The Morgan fingerprint density at radius 3 is 2.77 bits per heavy atom. The van der Waals surface area contributed by atoms with E-state index < -0.39 is 0 Å². The molecule has 1 aliphatic heterocycles. The zero-order valence-corrected chi connectivity index (χ0v) is 13.3. The quantitative estimate of drug-likeness (QED) is 0.865. The van der Waals surface area contributed by atoms with E-state index >= 15 is 0 Å². The van der Waals surface area contributed by atoms with Gasteiger partial charge < -0.3 is 14.2 Å². The molecule has 6 nitrogen and oxygen atoms in total. The maximum atomic E-state index is 5.96. The zero-order chi connectivity index (χ0) is 15.6. The van der Waals surface area contributed by atoms with Gasteiger partial charge in [0.1, 0.15) is 0 Å². The molecule has 118 valence electrons. The van der Waals surface area contributed by atoms with Crippen LogP contribution in [0.25, 0.3) is 0 Å². The Bertz CT molecular complexity index is 606. The fourth-order valence-electron chi connectivity index (χ4n) is 2.39. The highest BCUT2D eigenvalue weighted by Crippen LogP contribution is 2.25. The van der Waals surface area contributed by atoms with Crippen LogP contribution in [0.2, 0.25) is 0 Å². The highest BCUT2D eigenvalue weighted by molar-refractivity contribution is 5.30. The van der Waals surface area contributed by atoms with Crippen LogP contribution >= 0.6 is 0 Å². The van der Waals surface area contributed by atoms with Gasteiger partial charge in [0.25, 0.3) is 5.95 Å². The Kier molecular flexibility index (Phi) is 4.11. The van der Waals surface area contributed by atoms with Gasteiger partial charge in [0, 0.05) is 30.9 Å². The number of pyridine rings is 1. The van der Waals surface area contributed by atoms with Crippen molar-refractivity contribution in [3.05, 3.63) is 36.0 Å². The molecule has 0 spiro atoms. The molecule has 0 unspecified atom stereocenters. The molecule has 0 saturated carbocycles. The number of hydrogen-bond acceptors (Lipinski definition) is 6. The second-order valence-electron chi connectivity index (χ2n) is 6.67. The van der Waals surface area contributed by atoms with Gasteiger partial charge in [-0.3, -0.25) is 4.98 Å². The summed E-state index contributed by atoms with van der Waals surface area (Å²) < 4.78 is 11.3. The summed E-state index contributed by atoms with van der Waals surface area (Å²) in [5, 5.41) is 4.09. The van der Waals surface area contributed by atoms with Crippen molar-refractivity contribution in [2.45, 2.75) is 45.3 Å². The number of aromatic nitrogens is 3. The molecular weight excluding hydrogens is 280 g/mol. The molecule has 2 aromatic heterocycles. The Hall–Kier alpha value is -1.95. The lowest BCUT2D eigenvalue weighted by Crippen LogP contribution is -2.24. The molecule has 3 rings (SSSR count). The minimum absolute atomic E-state index is 0.123. The average molecular weight is 302 g/mol. The first-order chi connectivity index (χ1) is 10.5. The van der Waals surface area contributed by atoms with Gasteiger partial charge in [0.2, 0.25) is 5.89 Å². The minimum atomic E-state index is -0.123. The predicted molar refractivity (Wildman–Crippen MR) is 82.6 cm³/mol. The van der Waals surface area contributed by atoms with Crippen molar-refractivity contribution in [2.24, 2.45) is 0 Å². The van der Waals surface area contributed by atoms with Crippen LogP contribution in [0.3, 0.4) is 0 Å². The molecule has 1 fully saturated rings. The van der Waals surface area contributed by atoms with E-state index in [1.165, 1.54) is 0 Å². The van der Waals surface area contributed by atoms with E-state index in [-0.39, 0.29) is 11.5 Å². The smallest absolute Gasteiger partial charge is 0.266 e. The Balaban J connectivity index is 1.55. The second kappa shape index (κ2) is 6.04. The molecule has 0 amide bonds. The molecule has 0 bridgehead atoms. The Morgan fingerprint density at radius 2 is 2.09 bits per heavy atom. The van der Waals surface area contributed by atoms with Gasteiger partial charge in [0.05, 0.1) is 12.7 Å². The van der Waals surface area contributed by atoms with Gasteiger partial charge in [0.15, 0.2) is 0 Å². The van der Waals surface area contributed by atoms with Gasteiger partial charge in [-0.2, -0.15) is 4.98 Å². The lowest BCUT2D eigenvalue weighted by Gasteiger charge is -2.14. The van der Waals surface area contributed by atoms with Crippen LogP contribution in [0.4, 0.5) is 5.95 Å². The third-order valence-corrected chi connectivity index (χ3v) is 3.72. The first-order valence-electron chi connectivity index (χ1n) is 7.62. The molecular formula is C16H22N4O2. The fourth-order valence-corrected chi connectivity index (χ4v) is 2.39.